The van der Waals surface area contributed by atoms with Gasteiger partial charge in [0.1, 0.15) is 5.60 Å². The lowest BCUT2D eigenvalue weighted by Crippen LogP contribution is -2.43. The van der Waals surface area contributed by atoms with Crippen molar-refractivity contribution in [2.75, 3.05) is 6.54 Å². The molecule has 1 aliphatic heterocycles. The van der Waals surface area contributed by atoms with Gasteiger partial charge in [-0.2, -0.15) is 8.78 Å². The van der Waals surface area contributed by atoms with Gasteiger partial charge >= 0.3 is 12.0 Å². The summed E-state index contributed by atoms with van der Waals surface area (Å²) in [5.74, 6) is -9.92. The molecule has 1 aromatic rings. The second-order valence-electron chi connectivity index (χ2n) is 7.45. The number of hydrogen-bond acceptors (Lipinski definition) is 3. The molecule has 1 aliphatic rings. The van der Waals surface area contributed by atoms with Crippen LogP contribution in [0.15, 0.2) is 12.1 Å². The summed E-state index contributed by atoms with van der Waals surface area (Å²) in [4.78, 5) is 24.9. The summed E-state index contributed by atoms with van der Waals surface area (Å²) in [5.41, 5.74) is 2.09. The minimum Gasteiger partial charge on any atom is -0.444 e. The van der Waals surface area contributed by atoms with Crippen molar-refractivity contribution in [1.29, 1.82) is 0 Å². The zero-order valence-corrected chi connectivity index (χ0v) is 15.3. The number of primary amides is 1. The number of likely N-dealkylation sites (tertiary alicyclic amines) is 1. The number of hydrogen-bond donors (Lipinski definition) is 1. The van der Waals surface area contributed by atoms with E-state index >= 15 is 0 Å². The fraction of sp³-hybridized carbons (Fsp3) is 0.556. The standard InChI is InChI=1S/C18H22F4N2O3/c1-17(2,3)27-16(26)24-9-5-4-6-12(24)10-7-8-11(19)14(20)13(10)18(21,22)15(23)25/h7-8,12H,4-6,9H2,1-3H3,(H2,23,25). The first-order chi connectivity index (χ1) is 12.4. The smallest absolute Gasteiger partial charge is 0.410 e. The third-order valence-electron chi connectivity index (χ3n) is 4.24. The predicted molar refractivity (Wildman–Crippen MR) is 89.0 cm³/mol. The van der Waals surface area contributed by atoms with Crippen LogP contribution in [-0.2, 0) is 15.5 Å². The molecule has 0 aliphatic carbocycles. The Balaban J connectivity index is 2.56. The molecule has 2 N–H and O–H groups in total. The van der Waals surface area contributed by atoms with Crippen molar-refractivity contribution in [2.45, 2.75) is 57.6 Å². The molecule has 0 bridgehead atoms. The van der Waals surface area contributed by atoms with E-state index in [1.54, 1.807) is 20.8 Å². The van der Waals surface area contributed by atoms with Gasteiger partial charge in [0.2, 0.25) is 0 Å². The Hall–Kier alpha value is -2.32. The van der Waals surface area contributed by atoms with Crippen LogP contribution in [0.3, 0.4) is 0 Å². The molecule has 9 heteroatoms. The zero-order valence-electron chi connectivity index (χ0n) is 15.3. The lowest BCUT2D eigenvalue weighted by atomic mass is 9.89. The molecule has 0 radical (unpaired) electrons. The third-order valence-corrected chi connectivity index (χ3v) is 4.24. The van der Waals surface area contributed by atoms with E-state index in [-0.39, 0.29) is 18.5 Å². The van der Waals surface area contributed by atoms with Gasteiger partial charge in [-0.15, -0.1) is 0 Å². The first-order valence-corrected chi connectivity index (χ1v) is 8.52. The van der Waals surface area contributed by atoms with Crippen molar-refractivity contribution < 1.29 is 31.9 Å². The van der Waals surface area contributed by atoms with Crippen LogP contribution in [-0.4, -0.2) is 29.0 Å². The van der Waals surface area contributed by atoms with Crippen LogP contribution in [0.2, 0.25) is 0 Å². The predicted octanol–water partition coefficient (Wildman–Crippen LogP) is 4.00. The maximum absolute atomic E-state index is 14.3. The van der Waals surface area contributed by atoms with Gasteiger partial charge in [-0.3, -0.25) is 4.79 Å². The van der Waals surface area contributed by atoms with E-state index in [0.717, 1.165) is 6.07 Å². The topological polar surface area (TPSA) is 72.6 Å². The van der Waals surface area contributed by atoms with Gasteiger partial charge in [0, 0.05) is 6.54 Å². The number of nitrogens with two attached hydrogens (primary N) is 1. The molecule has 0 saturated carbocycles. The average Bonchev–Trinajstić information content (AvgIpc) is 2.55. The largest absolute Gasteiger partial charge is 0.444 e. The summed E-state index contributed by atoms with van der Waals surface area (Å²) in [6.07, 6.45) is 0.641. The lowest BCUT2D eigenvalue weighted by Gasteiger charge is -2.38. The summed E-state index contributed by atoms with van der Waals surface area (Å²) in [5, 5.41) is 0. The summed E-state index contributed by atoms with van der Waals surface area (Å²) in [6.45, 7) is 5.14. The number of ether oxygens (including phenoxy) is 1. The van der Waals surface area contributed by atoms with Crippen LogP contribution >= 0.6 is 0 Å². The molecular weight excluding hydrogens is 368 g/mol. The molecule has 150 valence electrons. The molecular formula is C18H22F4N2O3. The molecule has 27 heavy (non-hydrogen) atoms. The number of piperidine rings is 1. The zero-order chi connectivity index (χ0) is 20.6. The SMILES string of the molecule is CC(C)(C)OC(=O)N1CCCCC1c1ccc(F)c(F)c1C(F)(F)C(N)=O. The van der Waals surface area contributed by atoms with Crippen LogP contribution < -0.4 is 5.73 Å². The Morgan fingerprint density at radius 2 is 1.81 bits per heavy atom. The fourth-order valence-electron chi connectivity index (χ4n) is 3.08. The van der Waals surface area contributed by atoms with Crippen molar-refractivity contribution in [2.24, 2.45) is 5.73 Å². The molecule has 1 aromatic carbocycles. The van der Waals surface area contributed by atoms with Crippen LogP contribution in [0.25, 0.3) is 0 Å². The maximum atomic E-state index is 14.3. The lowest BCUT2D eigenvalue weighted by molar-refractivity contribution is -0.143. The Kier molecular flexibility index (Phi) is 5.72. The normalized spacial score (nSPS) is 18.3. The van der Waals surface area contributed by atoms with Crippen molar-refractivity contribution in [3.05, 3.63) is 34.9 Å². The highest BCUT2D eigenvalue weighted by atomic mass is 19.3. The van der Waals surface area contributed by atoms with Gasteiger partial charge in [-0.1, -0.05) is 6.07 Å². The highest BCUT2D eigenvalue weighted by molar-refractivity contribution is 5.83. The van der Waals surface area contributed by atoms with E-state index in [1.165, 1.54) is 4.90 Å². The molecule has 1 atom stereocenters. The molecule has 1 unspecified atom stereocenters. The van der Waals surface area contributed by atoms with E-state index < -0.39 is 46.8 Å². The maximum Gasteiger partial charge on any atom is 0.410 e. The summed E-state index contributed by atoms with van der Waals surface area (Å²) < 4.78 is 61.8. The Morgan fingerprint density at radius 1 is 1.19 bits per heavy atom. The van der Waals surface area contributed by atoms with Crippen molar-refractivity contribution >= 4 is 12.0 Å². The summed E-state index contributed by atoms with van der Waals surface area (Å²) >= 11 is 0. The van der Waals surface area contributed by atoms with Gasteiger partial charge < -0.3 is 15.4 Å². The minimum absolute atomic E-state index is 0.195. The molecule has 1 heterocycles. The van der Waals surface area contributed by atoms with Gasteiger partial charge in [0.05, 0.1) is 11.6 Å². The molecule has 2 rings (SSSR count). The van der Waals surface area contributed by atoms with Crippen molar-refractivity contribution in [1.82, 2.24) is 4.90 Å². The minimum atomic E-state index is -4.43. The molecule has 5 nitrogen and oxygen atoms in total. The quantitative estimate of drug-likeness (QED) is 0.793. The van der Waals surface area contributed by atoms with Crippen molar-refractivity contribution in [3.8, 4) is 0 Å². The monoisotopic (exact) mass is 390 g/mol. The Bertz CT molecular complexity index is 747. The Labute approximate surface area is 154 Å². The average molecular weight is 390 g/mol. The van der Waals surface area contributed by atoms with Crippen molar-refractivity contribution in [3.63, 3.8) is 0 Å². The van der Waals surface area contributed by atoms with E-state index in [9.17, 15) is 27.2 Å². The van der Waals surface area contributed by atoms with E-state index in [1.807, 2.05) is 0 Å². The second kappa shape index (κ2) is 7.36. The molecule has 0 spiro atoms. The number of rotatable bonds is 3. The molecule has 2 amide bonds. The van der Waals surface area contributed by atoms with E-state index in [0.29, 0.717) is 18.9 Å². The molecule has 1 saturated heterocycles. The third kappa shape index (κ3) is 4.33. The molecule has 0 aromatic heterocycles. The highest BCUT2D eigenvalue weighted by Crippen LogP contribution is 2.41. The number of carbonyl (C=O) groups is 2. The number of carbonyl (C=O) groups excluding carboxylic acids is 2. The van der Waals surface area contributed by atoms with Gasteiger partial charge in [-0.05, 0) is 51.7 Å². The van der Waals surface area contributed by atoms with Gasteiger partial charge in [0.15, 0.2) is 11.6 Å². The fourth-order valence-corrected chi connectivity index (χ4v) is 3.08. The van der Waals surface area contributed by atoms with Crippen LogP contribution in [0.5, 0.6) is 0 Å². The number of alkyl halides is 2. The number of nitrogens with zero attached hydrogens (tertiary/aromatic N) is 1. The van der Waals surface area contributed by atoms with Gasteiger partial charge in [-0.25, -0.2) is 13.6 Å². The van der Waals surface area contributed by atoms with Crippen LogP contribution in [0, 0.1) is 11.6 Å². The summed E-state index contributed by atoms with van der Waals surface area (Å²) in [7, 11) is 0. The highest BCUT2D eigenvalue weighted by Gasteiger charge is 2.46. The van der Waals surface area contributed by atoms with Gasteiger partial charge in [0.25, 0.3) is 5.91 Å². The number of halogens is 4. The number of benzene rings is 1. The van der Waals surface area contributed by atoms with Crippen LogP contribution in [0.1, 0.15) is 57.2 Å². The second-order valence-corrected chi connectivity index (χ2v) is 7.45. The first kappa shape index (κ1) is 21.0. The molecule has 1 fully saturated rings. The summed E-state index contributed by atoms with van der Waals surface area (Å²) in [6, 6.07) is 0.648. The van der Waals surface area contributed by atoms with E-state index in [2.05, 4.69) is 0 Å². The van der Waals surface area contributed by atoms with E-state index in [4.69, 9.17) is 10.5 Å². The Morgan fingerprint density at radius 3 is 2.37 bits per heavy atom. The van der Waals surface area contributed by atoms with Crippen LogP contribution in [0.4, 0.5) is 22.4 Å². The first-order valence-electron chi connectivity index (χ1n) is 8.52. The number of amides is 2.